The highest BCUT2D eigenvalue weighted by atomic mass is 32.2. The summed E-state index contributed by atoms with van der Waals surface area (Å²) >= 11 is 1.37. The smallest absolute Gasteiger partial charge is 0.229 e. The first-order valence-electron chi connectivity index (χ1n) is 4.73. The summed E-state index contributed by atoms with van der Waals surface area (Å²) in [7, 11) is -3.23. The van der Waals surface area contributed by atoms with Crippen LogP contribution in [0.4, 0.5) is 10.8 Å². The second-order valence-corrected chi connectivity index (χ2v) is 6.16. The lowest BCUT2D eigenvalue weighted by Crippen LogP contribution is -2.09. The number of aromatic nitrogens is 1. The molecule has 0 radical (unpaired) electrons. The maximum atomic E-state index is 11.0. The van der Waals surface area contributed by atoms with E-state index in [0.29, 0.717) is 10.8 Å². The third kappa shape index (κ3) is 3.18. The van der Waals surface area contributed by atoms with Crippen LogP contribution < -0.4 is 10.5 Å². The van der Waals surface area contributed by atoms with Crippen LogP contribution in [0, 0.1) is 0 Å². The summed E-state index contributed by atoms with van der Waals surface area (Å²) in [5, 5.41) is 2.37. The van der Waals surface area contributed by atoms with Crippen molar-refractivity contribution in [1.29, 1.82) is 0 Å². The lowest BCUT2D eigenvalue weighted by Gasteiger charge is -2.04. The molecular formula is C10H11N3O2S2. The Kier molecular flexibility index (Phi) is 3.03. The lowest BCUT2D eigenvalue weighted by atomic mass is 10.1. The molecule has 1 heterocycles. The van der Waals surface area contributed by atoms with Crippen molar-refractivity contribution in [1.82, 2.24) is 4.98 Å². The predicted molar refractivity (Wildman–Crippen MR) is 70.4 cm³/mol. The van der Waals surface area contributed by atoms with Crippen LogP contribution in [-0.2, 0) is 10.0 Å². The zero-order valence-electron chi connectivity index (χ0n) is 9.04. The molecular weight excluding hydrogens is 258 g/mol. The van der Waals surface area contributed by atoms with Crippen LogP contribution in [0.3, 0.4) is 0 Å². The van der Waals surface area contributed by atoms with E-state index in [4.69, 9.17) is 5.73 Å². The first kappa shape index (κ1) is 11.9. The Labute approximate surface area is 103 Å². The number of nitrogens with zero attached hydrogens (tertiary/aromatic N) is 1. The van der Waals surface area contributed by atoms with Crippen molar-refractivity contribution < 1.29 is 8.42 Å². The van der Waals surface area contributed by atoms with Gasteiger partial charge in [0, 0.05) is 16.6 Å². The molecule has 0 amide bonds. The van der Waals surface area contributed by atoms with Crippen molar-refractivity contribution in [3.8, 4) is 11.3 Å². The van der Waals surface area contributed by atoms with Crippen LogP contribution in [0.1, 0.15) is 0 Å². The zero-order valence-corrected chi connectivity index (χ0v) is 10.7. The number of hydrogen-bond acceptors (Lipinski definition) is 5. The molecule has 0 atom stereocenters. The molecule has 17 heavy (non-hydrogen) atoms. The van der Waals surface area contributed by atoms with E-state index in [1.807, 2.05) is 5.38 Å². The van der Waals surface area contributed by atoms with Gasteiger partial charge < -0.3 is 5.73 Å². The van der Waals surface area contributed by atoms with Gasteiger partial charge in [-0.1, -0.05) is 12.1 Å². The molecule has 3 N–H and O–H groups in total. The van der Waals surface area contributed by atoms with Gasteiger partial charge in [0.1, 0.15) is 0 Å². The van der Waals surface area contributed by atoms with Crippen molar-refractivity contribution in [2.75, 3.05) is 16.7 Å². The molecule has 7 heteroatoms. The molecule has 0 spiro atoms. The van der Waals surface area contributed by atoms with Crippen LogP contribution >= 0.6 is 11.3 Å². The van der Waals surface area contributed by atoms with Gasteiger partial charge in [0.25, 0.3) is 0 Å². The number of sulfonamides is 1. The summed E-state index contributed by atoms with van der Waals surface area (Å²) < 4.78 is 24.4. The van der Waals surface area contributed by atoms with Crippen LogP contribution in [0.5, 0.6) is 0 Å². The van der Waals surface area contributed by atoms with Gasteiger partial charge >= 0.3 is 0 Å². The highest BCUT2D eigenvalue weighted by Crippen LogP contribution is 2.24. The third-order valence-electron chi connectivity index (χ3n) is 2.01. The molecule has 0 unspecified atom stereocenters. The first-order valence-corrected chi connectivity index (χ1v) is 7.50. The van der Waals surface area contributed by atoms with Gasteiger partial charge in [0.15, 0.2) is 5.13 Å². The van der Waals surface area contributed by atoms with E-state index in [1.165, 1.54) is 11.3 Å². The molecule has 2 rings (SSSR count). The highest BCUT2D eigenvalue weighted by molar-refractivity contribution is 7.92. The second kappa shape index (κ2) is 4.34. The Bertz CT molecular complexity index is 617. The van der Waals surface area contributed by atoms with Crippen molar-refractivity contribution in [3.63, 3.8) is 0 Å². The van der Waals surface area contributed by atoms with Gasteiger partial charge in [-0.2, -0.15) is 0 Å². The normalized spacial score (nSPS) is 11.4. The van der Waals surface area contributed by atoms with Crippen molar-refractivity contribution in [2.24, 2.45) is 0 Å². The van der Waals surface area contributed by atoms with Crippen molar-refractivity contribution >= 4 is 32.2 Å². The molecule has 0 aliphatic rings. The number of benzene rings is 1. The van der Waals surface area contributed by atoms with E-state index in [2.05, 4.69) is 9.71 Å². The van der Waals surface area contributed by atoms with E-state index < -0.39 is 10.0 Å². The Morgan fingerprint density at radius 3 is 2.41 bits per heavy atom. The minimum Gasteiger partial charge on any atom is -0.375 e. The maximum Gasteiger partial charge on any atom is 0.229 e. The fraction of sp³-hybridized carbons (Fsp3) is 0.100. The molecule has 0 aliphatic carbocycles. The van der Waals surface area contributed by atoms with Crippen molar-refractivity contribution in [3.05, 3.63) is 29.6 Å². The third-order valence-corrected chi connectivity index (χ3v) is 3.29. The van der Waals surface area contributed by atoms with Gasteiger partial charge in [0.2, 0.25) is 10.0 Å². The SMILES string of the molecule is CS(=O)(=O)Nc1ccc(-c2csc(N)n2)cc1. The standard InChI is InChI=1S/C10H11N3O2S2/c1-17(14,15)13-8-4-2-7(3-5-8)9-6-16-10(11)12-9/h2-6,13H,1H3,(H2,11,12). The van der Waals surface area contributed by atoms with Crippen LogP contribution in [0.2, 0.25) is 0 Å². The van der Waals surface area contributed by atoms with Gasteiger partial charge in [-0.15, -0.1) is 11.3 Å². The monoisotopic (exact) mass is 269 g/mol. The summed E-state index contributed by atoms with van der Waals surface area (Å²) in [6.07, 6.45) is 1.11. The number of anilines is 2. The zero-order chi connectivity index (χ0) is 12.5. The second-order valence-electron chi connectivity index (χ2n) is 3.52. The molecule has 0 saturated carbocycles. The molecule has 2 aromatic rings. The van der Waals surface area contributed by atoms with Crippen LogP contribution in [0.15, 0.2) is 29.6 Å². The summed E-state index contributed by atoms with van der Waals surface area (Å²) in [5.41, 5.74) is 7.76. The quantitative estimate of drug-likeness (QED) is 0.889. The number of nitrogens with two attached hydrogens (primary N) is 1. The topological polar surface area (TPSA) is 85.1 Å². The highest BCUT2D eigenvalue weighted by Gasteiger charge is 2.04. The average molecular weight is 269 g/mol. The molecule has 1 aromatic heterocycles. The Morgan fingerprint density at radius 2 is 1.94 bits per heavy atom. The largest absolute Gasteiger partial charge is 0.375 e. The molecule has 5 nitrogen and oxygen atoms in total. The fourth-order valence-corrected chi connectivity index (χ4v) is 2.48. The van der Waals surface area contributed by atoms with E-state index in [-0.39, 0.29) is 0 Å². The van der Waals surface area contributed by atoms with E-state index in [0.717, 1.165) is 17.5 Å². The number of thiazole rings is 1. The molecule has 0 fully saturated rings. The number of hydrogen-bond donors (Lipinski definition) is 2. The Morgan fingerprint density at radius 1 is 1.29 bits per heavy atom. The van der Waals surface area contributed by atoms with E-state index in [1.54, 1.807) is 24.3 Å². The van der Waals surface area contributed by atoms with Gasteiger partial charge in [0.05, 0.1) is 11.9 Å². The predicted octanol–water partition coefficient (Wildman–Crippen LogP) is 1.76. The maximum absolute atomic E-state index is 11.0. The number of nitrogen functional groups attached to an aromatic ring is 1. The average Bonchev–Trinajstić information content (AvgIpc) is 2.63. The summed E-state index contributed by atoms with van der Waals surface area (Å²) in [6.45, 7) is 0. The van der Waals surface area contributed by atoms with Crippen LogP contribution in [-0.4, -0.2) is 19.7 Å². The first-order chi connectivity index (χ1) is 7.94. The molecule has 1 aromatic carbocycles. The minimum absolute atomic E-state index is 0.512. The van der Waals surface area contributed by atoms with E-state index in [9.17, 15) is 8.42 Å². The summed E-state index contributed by atoms with van der Waals surface area (Å²) in [5.74, 6) is 0. The number of nitrogens with one attached hydrogen (secondary N) is 1. The minimum atomic E-state index is -3.23. The lowest BCUT2D eigenvalue weighted by molar-refractivity contribution is 0.607. The molecule has 0 bridgehead atoms. The van der Waals surface area contributed by atoms with Gasteiger partial charge in [-0.25, -0.2) is 13.4 Å². The molecule has 0 saturated heterocycles. The number of rotatable bonds is 3. The molecule has 0 aliphatic heterocycles. The van der Waals surface area contributed by atoms with Gasteiger partial charge in [-0.3, -0.25) is 4.72 Å². The molecule has 90 valence electrons. The van der Waals surface area contributed by atoms with Gasteiger partial charge in [-0.05, 0) is 12.1 Å². The van der Waals surface area contributed by atoms with E-state index >= 15 is 0 Å². The summed E-state index contributed by atoms with van der Waals surface area (Å²) in [4.78, 5) is 4.14. The Balaban J connectivity index is 2.24. The van der Waals surface area contributed by atoms with Crippen LogP contribution in [0.25, 0.3) is 11.3 Å². The summed E-state index contributed by atoms with van der Waals surface area (Å²) in [6, 6.07) is 6.96. The fourth-order valence-electron chi connectivity index (χ4n) is 1.34. The van der Waals surface area contributed by atoms with Crippen molar-refractivity contribution in [2.45, 2.75) is 0 Å². The Hall–Kier alpha value is -1.60.